The van der Waals surface area contributed by atoms with Crippen molar-refractivity contribution in [1.82, 2.24) is 0 Å². The zero-order valence-electron chi connectivity index (χ0n) is 5.77. The first-order chi connectivity index (χ1) is 4.34. The number of hydrogen-bond acceptors (Lipinski definition) is 1. The van der Waals surface area contributed by atoms with E-state index in [4.69, 9.17) is 4.74 Å². The summed E-state index contributed by atoms with van der Waals surface area (Å²) in [5.41, 5.74) is 0. The van der Waals surface area contributed by atoms with Crippen LogP contribution in [-0.4, -0.2) is 12.7 Å². The molecule has 0 radical (unpaired) electrons. The Labute approximate surface area is 74.2 Å². The van der Waals surface area contributed by atoms with Gasteiger partial charge in [0, 0.05) is 0 Å². The Morgan fingerprint density at radius 2 is 2.56 bits per heavy atom. The Balaban J connectivity index is 2.22. The van der Waals surface area contributed by atoms with E-state index in [1.165, 1.54) is 10.4 Å². The van der Waals surface area contributed by atoms with Crippen molar-refractivity contribution in [2.45, 2.75) is 23.4 Å². The minimum absolute atomic E-state index is 0.578. The summed E-state index contributed by atoms with van der Waals surface area (Å²) in [5.74, 6) is 0.836. The number of halogens is 1. The molecule has 1 aliphatic heterocycles. The zero-order chi connectivity index (χ0) is 6.69. The van der Waals surface area contributed by atoms with Gasteiger partial charge in [-0.1, -0.05) is 0 Å². The van der Waals surface area contributed by atoms with Crippen molar-refractivity contribution in [2.75, 3.05) is 6.61 Å². The third kappa shape index (κ3) is 2.47. The van der Waals surface area contributed by atoms with Crippen molar-refractivity contribution in [3.63, 3.8) is 0 Å². The van der Waals surface area contributed by atoms with Crippen LogP contribution in [0, 0.1) is 5.92 Å². The Bertz CT molecular complexity index is 89.1. The van der Waals surface area contributed by atoms with E-state index in [1.807, 2.05) is 0 Å². The zero-order valence-corrected chi connectivity index (χ0v) is 12.9. The molecule has 0 amide bonds. The van der Waals surface area contributed by atoms with Crippen LogP contribution in [0.5, 0.6) is 0 Å². The molecule has 0 spiro atoms. The van der Waals surface area contributed by atoms with Gasteiger partial charge in [0.15, 0.2) is 0 Å². The van der Waals surface area contributed by atoms with Crippen LogP contribution < -0.4 is 0 Å². The van der Waals surface area contributed by atoms with Gasteiger partial charge in [-0.15, -0.1) is 0 Å². The number of hydrogen-bond donors (Lipinski definition) is 0. The van der Waals surface area contributed by atoms with Crippen molar-refractivity contribution in [3.8, 4) is 0 Å². The van der Waals surface area contributed by atoms with Gasteiger partial charge in [0.05, 0.1) is 0 Å². The molecule has 0 saturated carbocycles. The van der Waals surface area contributed by atoms with Crippen LogP contribution in [0.2, 0.25) is 3.93 Å². The van der Waals surface area contributed by atoms with E-state index in [0.29, 0.717) is 6.10 Å². The molecule has 50 valence electrons. The predicted molar refractivity (Wildman–Crippen MR) is 37.3 cm³/mol. The standard InChI is InChI=1S/C6H11O.BrH.Hg/c1-5-3-4-7-6(5)2;;/h5-6H,2-4H2,1H3;1H;/q;;+1/p-1/t5-,6+;;/m0../s1. The summed E-state index contributed by atoms with van der Waals surface area (Å²) in [6.07, 6.45) is 1.91. The van der Waals surface area contributed by atoms with E-state index in [0.717, 1.165) is 12.5 Å². The monoisotopic (exact) mass is 380 g/mol. The predicted octanol–water partition coefficient (Wildman–Crippen LogP) is 2.22. The summed E-state index contributed by atoms with van der Waals surface area (Å²) in [6.45, 7) is 3.31. The van der Waals surface area contributed by atoms with Gasteiger partial charge in [-0.2, -0.15) is 0 Å². The maximum absolute atomic E-state index is 5.53. The molecular weight excluding hydrogens is 369 g/mol. The first-order valence-electron chi connectivity index (χ1n) is 3.52. The molecule has 1 saturated heterocycles. The molecule has 9 heavy (non-hydrogen) atoms. The average molecular weight is 380 g/mol. The summed E-state index contributed by atoms with van der Waals surface area (Å²) < 4.78 is 6.92. The Morgan fingerprint density at radius 1 is 1.78 bits per heavy atom. The van der Waals surface area contributed by atoms with Gasteiger partial charge < -0.3 is 0 Å². The van der Waals surface area contributed by atoms with Crippen molar-refractivity contribution in [2.24, 2.45) is 5.92 Å². The fourth-order valence-electron chi connectivity index (χ4n) is 1.23. The molecule has 2 atom stereocenters. The second-order valence-electron chi connectivity index (χ2n) is 2.65. The van der Waals surface area contributed by atoms with Crippen LogP contribution >= 0.6 is 11.9 Å². The normalized spacial score (nSPS) is 34.4. The fraction of sp³-hybridized carbons (Fsp3) is 1.00. The van der Waals surface area contributed by atoms with Crippen molar-refractivity contribution in [3.05, 3.63) is 0 Å². The molecule has 0 aromatic rings. The Hall–Kier alpha value is 1.38. The minimum atomic E-state index is -0.578. The molecule has 1 aliphatic rings. The summed E-state index contributed by atoms with van der Waals surface area (Å²) in [5, 5.41) is 0. The molecule has 0 aromatic carbocycles. The van der Waals surface area contributed by atoms with E-state index in [1.54, 1.807) is 0 Å². The molecule has 0 aromatic heterocycles. The van der Waals surface area contributed by atoms with E-state index < -0.39 is 22.1 Å². The van der Waals surface area contributed by atoms with Crippen molar-refractivity contribution in [1.29, 1.82) is 0 Å². The van der Waals surface area contributed by atoms with E-state index >= 15 is 0 Å². The van der Waals surface area contributed by atoms with Gasteiger partial charge in [0.25, 0.3) is 0 Å². The van der Waals surface area contributed by atoms with Gasteiger partial charge in [-0.3, -0.25) is 0 Å². The third-order valence-electron chi connectivity index (χ3n) is 1.93. The second-order valence-corrected chi connectivity index (χ2v) is 13.3. The Kier molecular flexibility index (Phi) is 4.04. The van der Waals surface area contributed by atoms with Crippen LogP contribution in [0.3, 0.4) is 0 Å². The average Bonchev–Trinajstić information content (AvgIpc) is 2.18. The van der Waals surface area contributed by atoms with Crippen LogP contribution in [0.15, 0.2) is 0 Å². The van der Waals surface area contributed by atoms with Gasteiger partial charge >= 0.3 is 74.7 Å². The SMILES string of the molecule is C[C@H]1CCO[C@@H]1[CH2][Hg][Br]. The van der Waals surface area contributed by atoms with Gasteiger partial charge in [0.1, 0.15) is 0 Å². The molecule has 0 N–H and O–H groups in total. The van der Waals surface area contributed by atoms with Gasteiger partial charge in [0.2, 0.25) is 0 Å². The molecule has 1 rings (SSSR count). The summed E-state index contributed by atoms with van der Waals surface area (Å²) in [6, 6.07) is 0. The molecule has 1 heterocycles. The quantitative estimate of drug-likeness (QED) is 0.669. The van der Waals surface area contributed by atoms with Crippen molar-refractivity contribution >= 4 is 11.9 Å². The molecule has 1 fully saturated rings. The summed E-state index contributed by atoms with van der Waals surface area (Å²) in [4.78, 5) is 0. The maximum atomic E-state index is 5.53. The number of rotatable bonds is 2. The molecule has 0 aliphatic carbocycles. The molecule has 1 nitrogen and oxygen atoms in total. The van der Waals surface area contributed by atoms with Crippen LogP contribution in [-0.2, 0) is 26.9 Å². The van der Waals surface area contributed by atoms with Crippen LogP contribution in [0.4, 0.5) is 0 Å². The van der Waals surface area contributed by atoms with Crippen LogP contribution in [0.1, 0.15) is 13.3 Å². The topological polar surface area (TPSA) is 9.23 Å². The second kappa shape index (κ2) is 4.29. The number of ether oxygens (including phenoxy) is 1. The van der Waals surface area contributed by atoms with Gasteiger partial charge in [-0.05, 0) is 0 Å². The molecule has 3 heteroatoms. The van der Waals surface area contributed by atoms with E-state index in [2.05, 4.69) is 18.8 Å². The van der Waals surface area contributed by atoms with E-state index in [9.17, 15) is 0 Å². The molecule has 0 bridgehead atoms. The Morgan fingerprint density at radius 3 is 3.00 bits per heavy atom. The summed E-state index contributed by atoms with van der Waals surface area (Å²) >= 11 is 3.05. The fourth-order valence-corrected chi connectivity index (χ4v) is 8.89. The van der Waals surface area contributed by atoms with Gasteiger partial charge in [-0.25, -0.2) is 0 Å². The molecular formula is C6H11BrHgO. The first kappa shape index (κ1) is 8.47. The van der Waals surface area contributed by atoms with Crippen LogP contribution in [0.25, 0.3) is 0 Å². The first-order valence-corrected chi connectivity index (χ1v) is 19.3. The molecule has 0 unspecified atom stereocenters. The van der Waals surface area contributed by atoms with E-state index in [-0.39, 0.29) is 0 Å². The van der Waals surface area contributed by atoms with Crippen molar-refractivity contribution < 1.29 is 26.9 Å². The third-order valence-corrected chi connectivity index (χ3v) is 9.01. The summed E-state index contributed by atoms with van der Waals surface area (Å²) in [7, 11) is 0.